The molecule has 0 aromatic heterocycles. The van der Waals surface area contributed by atoms with Crippen LogP contribution in [0.15, 0.2) is 83.8 Å². The van der Waals surface area contributed by atoms with Crippen molar-refractivity contribution in [3.05, 3.63) is 90.0 Å². The second kappa shape index (κ2) is 12.6. The lowest BCUT2D eigenvalue weighted by Gasteiger charge is -2.27. The third-order valence-corrected chi connectivity index (χ3v) is 8.16. The van der Waals surface area contributed by atoms with Gasteiger partial charge in [0.2, 0.25) is 10.0 Å². The van der Waals surface area contributed by atoms with Gasteiger partial charge in [0.25, 0.3) is 0 Å². The molecule has 0 saturated carbocycles. The molecule has 8 nitrogen and oxygen atoms in total. The fraction of sp³-hybridized carbons (Fsp3) is 0.367. The predicted molar refractivity (Wildman–Crippen MR) is 153 cm³/mol. The minimum Gasteiger partial charge on any atom is -0.444 e. The molecular weight excluding hydrogens is 514 g/mol. The Kier molecular flexibility index (Phi) is 9.27. The first-order valence-electron chi connectivity index (χ1n) is 13.2. The van der Waals surface area contributed by atoms with Crippen LogP contribution in [0.1, 0.15) is 31.9 Å². The number of amides is 1. The Labute approximate surface area is 231 Å². The largest absolute Gasteiger partial charge is 0.444 e. The molecule has 4 rings (SSSR count). The van der Waals surface area contributed by atoms with Crippen LogP contribution in [0.2, 0.25) is 0 Å². The summed E-state index contributed by atoms with van der Waals surface area (Å²) in [7, 11) is -3.52. The Bertz CT molecular complexity index is 1320. The van der Waals surface area contributed by atoms with E-state index in [1.54, 1.807) is 29.2 Å². The van der Waals surface area contributed by atoms with Gasteiger partial charge in [0.05, 0.1) is 18.1 Å². The number of rotatable bonds is 9. The number of carbonyl (C=O) groups excluding carboxylic acids is 1. The van der Waals surface area contributed by atoms with E-state index in [2.05, 4.69) is 5.32 Å². The highest BCUT2D eigenvalue weighted by atomic mass is 32.2. The third kappa shape index (κ3) is 8.29. The molecular formula is C30H37N3O5S. The van der Waals surface area contributed by atoms with Crippen molar-refractivity contribution < 1.29 is 22.7 Å². The normalized spacial score (nSPS) is 14.5. The molecule has 1 amide bonds. The zero-order valence-corrected chi connectivity index (χ0v) is 23.6. The number of nitrogens with one attached hydrogen (secondary N) is 1. The minimum atomic E-state index is -3.52. The summed E-state index contributed by atoms with van der Waals surface area (Å²) in [6.45, 7) is 8.19. The molecule has 0 atom stereocenters. The first kappa shape index (κ1) is 28.6. The lowest BCUT2D eigenvalue weighted by molar-refractivity contribution is 0.0236. The van der Waals surface area contributed by atoms with Crippen molar-refractivity contribution in [2.45, 2.75) is 44.2 Å². The second-order valence-corrected chi connectivity index (χ2v) is 12.4. The van der Waals surface area contributed by atoms with Gasteiger partial charge >= 0.3 is 6.09 Å². The van der Waals surface area contributed by atoms with E-state index < -0.39 is 15.6 Å². The van der Waals surface area contributed by atoms with E-state index in [0.29, 0.717) is 45.8 Å². The van der Waals surface area contributed by atoms with E-state index in [1.165, 1.54) is 4.31 Å². The van der Waals surface area contributed by atoms with E-state index in [-0.39, 0.29) is 11.0 Å². The van der Waals surface area contributed by atoms with Crippen molar-refractivity contribution in [3.63, 3.8) is 0 Å². The second-order valence-electron chi connectivity index (χ2n) is 10.5. The van der Waals surface area contributed by atoms with Crippen molar-refractivity contribution in [3.8, 4) is 0 Å². The van der Waals surface area contributed by atoms with E-state index in [1.807, 2.05) is 75.4 Å². The summed E-state index contributed by atoms with van der Waals surface area (Å²) in [6, 6.07) is 24.7. The van der Waals surface area contributed by atoms with Gasteiger partial charge in [-0.2, -0.15) is 4.31 Å². The number of sulfonamides is 1. The molecule has 39 heavy (non-hydrogen) atoms. The van der Waals surface area contributed by atoms with Gasteiger partial charge in [-0.05, 0) is 74.7 Å². The molecule has 0 aliphatic carbocycles. The summed E-state index contributed by atoms with van der Waals surface area (Å²) in [5, 5.41) is 3.32. The number of morpholine rings is 1. The standard InChI is InChI=1S/C30H37N3O5S/c1-30(2,3)38-29(34)32(23-25-7-5-4-6-8-25)18-17-24-9-11-26(12-10-24)31-27-13-15-28(16-14-27)39(35,36)33-19-21-37-22-20-33/h4-16,31H,17-23H2,1-3H3. The van der Waals surface area contributed by atoms with Gasteiger partial charge in [-0.25, -0.2) is 13.2 Å². The molecule has 0 bridgehead atoms. The average molecular weight is 552 g/mol. The van der Waals surface area contributed by atoms with E-state index in [0.717, 1.165) is 22.5 Å². The summed E-state index contributed by atoms with van der Waals surface area (Å²) in [4.78, 5) is 14.9. The van der Waals surface area contributed by atoms with Crippen molar-refractivity contribution in [1.82, 2.24) is 9.21 Å². The highest BCUT2D eigenvalue weighted by Gasteiger charge is 2.26. The van der Waals surface area contributed by atoms with Gasteiger partial charge in [0.15, 0.2) is 0 Å². The topological polar surface area (TPSA) is 88.2 Å². The maximum absolute atomic E-state index is 12.9. The monoisotopic (exact) mass is 551 g/mol. The Morgan fingerprint density at radius 1 is 0.897 bits per heavy atom. The highest BCUT2D eigenvalue weighted by Crippen LogP contribution is 2.22. The number of anilines is 2. The SMILES string of the molecule is CC(C)(C)OC(=O)N(CCc1ccc(Nc2ccc(S(=O)(=O)N3CCOCC3)cc2)cc1)Cc1ccccc1. The van der Waals surface area contributed by atoms with Crippen LogP contribution in [-0.2, 0) is 32.5 Å². The third-order valence-electron chi connectivity index (χ3n) is 6.24. The molecule has 1 aliphatic rings. The smallest absolute Gasteiger partial charge is 0.410 e. The quantitative estimate of drug-likeness (QED) is 0.382. The zero-order valence-electron chi connectivity index (χ0n) is 22.8. The summed E-state index contributed by atoms with van der Waals surface area (Å²) in [6.07, 6.45) is 0.351. The van der Waals surface area contributed by atoms with Gasteiger partial charge in [0, 0.05) is 37.6 Å². The number of hydrogen-bond donors (Lipinski definition) is 1. The molecule has 0 spiro atoms. The Morgan fingerprint density at radius 2 is 1.49 bits per heavy atom. The zero-order chi connectivity index (χ0) is 27.9. The summed E-state index contributed by atoms with van der Waals surface area (Å²) in [5.41, 5.74) is 3.25. The number of hydrogen-bond acceptors (Lipinski definition) is 6. The van der Waals surface area contributed by atoms with Crippen molar-refractivity contribution >= 4 is 27.5 Å². The summed E-state index contributed by atoms with van der Waals surface area (Å²) in [5.74, 6) is 0. The van der Waals surface area contributed by atoms with Crippen LogP contribution >= 0.6 is 0 Å². The summed E-state index contributed by atoms with van der Waals surface area (Å²) < 4.78 is 38.0. The molecule has 208 valence electrons. The van der Waals surface area contributed by atoms with Crippen LogP contribution < -0.4 is 5.32 Å². The Balaban J connectivity index is 1.35. The van der Waals surface area contributed by atoms with Gasteiger partial charge < -0.3 is 19.7 Å². The molecule has 1 heterocycles. The minimum absolute atomic E-state index is 0.273. The average Bonchev–Trinajstić information content (AvgIpc) is 2.92. The first-order valence-corrected chi connectivity index (χ1v) is 14.6. The molecule has 1 saturated heterocycles. The molecule has 1 N–H and O–H groups in total. The van der Waals surface area contributed by atoms with Gasteiger partial charge in [-0.3, -0.25) is 0 Å². The van der Waals surface area contributed by atoms with E-state index in [4.69, 9.17) is 9.47 Å². The molecule has 3 aromatic carbocycles. The fourth-order valence-corrected chi connectivity index (χ4v) is 5.60. The van der Waals surface area contributed by atoms with E-state index >= 15 is 0 Å². The maximum atomic E-state index is 12.9. The van der Waals surface area contributed by atoms with Crippen LogP contribution in [0.4, 0.5) is 16.2 Å². The number of ether oxygens (including phenoxy) is 2. The molecule has 1 fully saturated rings. The van der Waals surface area contributed by atoms with Gasteiger partial charge in [-0.15, -0.1) is 0 Å². The Hall–Kier alpha value is -3.40. The van der Waals surface area contributed by atoms with Crippen molar-refractivity contribution in [2.24, 2.45) is 0 Å². The van der Waals surface area contributed by atoms with Crippen LogP contribution in [0, 0.1) is 0 Å². The lowest BCUT2D eigenvalue weighted by Crippen LogP contribution is -2.40. The fourth-order valence-electron chi connectivity index (χ4n) is 4.20. The molecule has 0 unspecified atom stereocenters. The van der Waals surface area contributed by atoms with Crippen LogP contribution in [0.5, 0.6) is 0 Å². The first-order chi connectivity index (χ1) is 18.6. The maximum Gasteiger partial charge on any atom is 0.410 e. The highest BCUT2D eigenvalue weighted by molar-refractivity contribution is 7.89. The number of nitrogens with zero attached hydrogens (tertiary/aromatic N) is 2. The predicted octanol–water partition coefficient (Wildman–Crippen LogP) is 5.43. The molecule has 0 radical (unpaired) electrons. The Morgan fingerprint density at radius 3 is 2.08 bits per heavy atom. The molecule has 3 aromatic rings. The number of carbonyl (C=O) groups is 1. The van der Waals surface area contributed by atoms with Crippen LogP contribution in [-0.4, -0.2) is 62.2 Å². The van der Waals surface area contributed by atoms with Crippen molar-refractivity contribution in [1.29, 1.82) is 0 Å². The molecule has 9 heteroatoms. The number of benzene rings is 3. The summed E-state index contributed by atoms with van der Waals surface area (Å²) >= 11 is 0. The molecule has 1 aliphatic heterocycles. The van der Waals surface area contributed by atoms with Crippen molar-refractivity contribution in [2.75, 3.05) is 38.2 Å². The van der Waals surface area contributed by atoms with E-state index in [9.17, 15) is 13.2 Å². The lowest BCUT2D eigenvalue weighted by atomic mass is 10.1. The van der Waals surface area contributed by atoms with Gasteiger partial charge in [0.1, 0.15) is 5.60 Å². The van der Waals surface area contributed by atoms with Gasteiger partial charge in [-0.1, -0.05) is 42.5 Å². The van der Waals surface area contributed by atoms with Crippen LogP contribution in [0.3, 0.4) is 0 Å². The van der Waals surface area contributed by atoms with Crippen LogP contribution in [0.25, 0.3) is 0 Å².